The van der Waals surface area contributed by atoms with Gasteiger partial charge in [0.05, 0.1) is 5.41 Å². The Morgan fingerprint density at radius 2 is 1.94 bits per heavy atom. The maximum Gasteiger partial charge on any atom is 0.227 e. The topological polar surface area (TPSA) is 38.9 Å². The third-order valence-corrected chi connectivity index (χ3v) is 3.02. The predicted molar refractivity (Wildman–Crippen MR) is 67.3 cm³/mol. The van der Waals surface area contributed by atoms with Crippen molar-refractivity contribution < 1.29 is 4.52 Å². The van der Waals surface area contributed by atoms with Crippen LogP contribution in [0.3, 0.4) is 0 Å². The van der Waals surface area contributed by atoms with Gasteiger partial charge in [-0.1, -0.05) is 35.5 Å². The Labute approximate surface area is 106 Å². The van der Waals surface area contributed by atoms with Crippen LogP contribution >= 0.6 is 11.6 Å². The van der Waals surface area contributed by atoms with Crippen LogP contribution in [-0.2, 0) is 11.8 Å². The lowest BCUT2D eigenvalue weighted by atomic mass is 9.84. The number of aryl methyl sites for hydroxylation is 1. The zero-order valence-corrected chi connectivity index (χ0v) is 10.7. The number of hydrogen-bond acceptors (Lipinski definition) is 3. The first-order valence-corrected chi connectivity index (χ1v) is 6.12. The van der Waals surface area contributed by atoms with Crippen molar-refractivity contribution in [3.63, 3.8) is 0 Å². The molecule has 0 aliphatic carbocycles. The van der Waals surface area contributed by atoms with E-state index in [1.165, 1.54) is 5.56 Å². The van der Waals surface area contributed by atoms with Crippen molar-refractivity contribution in [1.29, 1.82) is 0 Å². The monoisotopic (exact) mass is 250 g/mol. The van der Waals surface area contributed by atoms with E-state index in [1.807, 2.05) is 18.2 Å². The normalized spacial score (nSPS) is 11.7. The molecule has 0 N–H and O–H groups in total. The second kappa shape index (κ2) is 4.88. The molecule has 1 aromatic carbocycles. The molecule has 4 heteroatoms. The van der Waals surface area contributed by atoms with Crippen molar-refractivity contribution in [1.82, 2.24) is 10.1 Å². The molecule has 0 bridgehead atoms. The van der Waals surface area contributed by atoms with Crippen LogP contribution in [0.4, 0.5) is 0 Å². The van der Waals surface area contributed by atoms with Gasteiger partial charge in [-0.3, -0.25) is 0 Å². The number of alkyl halides is 1. The minimum Gasteiger partial charge on any atom is -0.339 e. The Kier molecular flexibility index (Phi) is 3.48. The Hall–Kier alpha value is -1.35. The van der Waals surface area contributed by atoms with Gasteiger partial charge >= 0.3 is 0 Å². The van der Waals surface area contributed by atoms with Crippen LogP contribution < -0.4 is 0 Å². The van der Waals surface area contributed by atoms with Crippen LogP contribution in [0.2, 0.25) is 0 Å². The number of aromatic nitrogens is 2. The summed E-state index contributed by atoms with van der Waals surface area (Å²) in [6, 6.07) is 10.2. The van der Waals surface area contributed by atoms with E-state index in [2.05, 4.69) is 36.1 Å². The van der Waals surface area contributed by atoms with Crippen LogP contribution in [-0.4, -0.2) is 16.0 Å². The molecule has 0 atom stereocenters. The summed E-state index contributed by atoms with van der Waals surface area (Å²) in [5.41, 5.74) is 0.910. The molecule has 0 radical (unpaired) electrons. The van der Waals surface area contributed by atoms with Crippen LogP contribution in [0.15, 0.2) is 34.9 Å². The maximum absolute atomic E-state index is 5.65. The van der Waals surface area contributed by atoms with E-state index in [0.717, 1.165) is 0 Å². The molecule has 0 fully saturated rings. The standard InChI is InChI=1S/C13H15ClN2O/c1-13(2,10-6-4-3-5-7-10)12-15-11(8-9-14)17-16-12/h3-7H,8-9H2,1-2H3. The number of nitrogens with zero attached hydrogens (tertiary/aromatic N) is 2. The molecule has 0 saturated heterocycles. The fraction of sp³-hybridized carbons (Fsp3) is 0.385. The summed E-state index contributed by atoms with van der Waals surface area (Å²) in [4.78, 5) is 4.39. The lowest BCUT2D eigenvalue weighted by Gasteiger charge is -2.20. The van der Waals surface area contributed by atoms with E-state index in [1.54, 1.807) is 0 Å². The summed E-state index contributed by atoms with van der Waals surface area (Å²) in [5, 5.41) is 4.04. The van der Waals surface area contributed by atoms with Gasteiger partial charge in [0.15, 0.2) is 5.82 Å². The molecule has 0 spiro atoms. The summed E-state index contributed by atoms with van der Waals surface area (Å²) in [7, 11) is 0. The molecule has 17 heavy (non-hydrogen) atoms. The molecule has 0 amide bonds. The van der Waals surface area contributed by atoms with Gasteiger partial charge in [0.2, 0.25) is 5.89 Å². The van der Waals surface area contributed by atoms with Crippen molar-refractivity contribution in [2.45, 2.75) is 25.7 Å². The van der Waals surface area contributed by atoms with Gasteiger partial charge in [0, 0.05) is 12.3 Å². The summed E-state index contributed by atoms with van der Waals surface area (Å²) < 4.78 is 5.17. The fourth-order valence-corrected chi connectivity index (χ4v) is 1.84. The average molecular weight is 251 g/mol. The summed E-state index contributed by atoms with van der Waals surface area (Å²) >= 11 is 5.65. The molecule has 3 nitrogen and oxygen atoms in total. The van der Waals surface area contributed by atoms with Crippen molar-refractivity contribution in [3.8, 4) is 0 Å². The highest BCUT2D eigenvalue weighted by Gasteiger charge is 2.28. The van der Waals surface area contributed by atoms with E-state index < -0.39 is 0 Å². The molecular weight excluding hydrogens is 236 g/mol. The van der Waals surface area contributed by atoms with Crippen molar-refractivity contribution in [2.24, 2.45) is 0 Å². The highest BCUT2D eigenvalue weighted by Crippen LogP contribution is 2.28. The zero-order valence-electron chi connectivity index (χ0n) is 9.98. The van der Waals surface area contributed by atoms with Gasteiger partial charge in [0.25, 0.3) is 0 Å². The smallest absolute Gasteiger partial charge is 0.227 e. The molecule has 2 aromatic rings. The Morgan fingerprint density at radius 3 is 2.59 bits per heavy atom. The summed E-state index contributed by atoms with van der Waals surface area (Å²) in [6.07, 6.45) is 0.611. The first-order valence-electron chi connectivity index (χ1n) is 5.59. The number of rotatable bonds is 4. The SMILES string of the molecule is CC(C)(c1ccccc1)c1noc(CCCl)n1. The van der Waals surface area contributed by atoms with E-state index in [-0.39, 0.29) is 5.41 Å². The van der Waals surface area contributed by atoms with Crippen LogP contribution in [0.25, 0.3) is 0 Å². The third-order valence-electron chi connectivity index (χ3n) is 2.83. The minimum absolute atomic E-state index is 0.255. The molecule has 1 aromatic heterocycles. The lowest BCUT2D eigenvalue weighted by molar-refractivity contribution is 0.369. The Balaban J connectivity index is 2.31. The number of halogens is 1. The third kappa shape index (κ3) is 2.50. The van der Waals surface area contributed by atoms with Gasteiger partial charge in [-0.25, -0.2) is 0 Å². The first kappa shape index (κ1) is 12.1. The Morgan fingerprint density at radius 1 is 1.24 bits per heavy atom. The molecule has 90 valence electrons. The fourth-order valence-electron chi connectivity index (χ4n) is 1.68. The lowest BCUT2D eigenvalue weighted by Crippen LogP contribution is -2.20. The molecule has 0 unspecified atom stereocenters. The van der Waals surface area contributed by atoms with E-state index in [4.69, 9.17) is 16.1 Å². The van der Waals surface area contributed by atoms with E-state index in [0.29, 0.717) is 24.0 Å². The van der Waals surface area contributed by atoms with Gasteiger partial charge in [-0.15, -0.1) is 11.6 Å². The highest BCUT2D eigenvalue weighted by molar-refractivity contribution is 6.17. The minimum atomic E-state index is -0.255. The van der Waals surface area contributed by atoms with Crippen molar-refractivity contribution in [2.75, 3.05) is 5.88 Å². The molecule has 0 saturated carbocycles. The zero-order chi connectivity index (χ0) is 12.3. The van der Waals surface area contributed by atoms with Gasteiger partial charge < -0.3 is 4.52 Å². The predicted octanol–water partition coefficient (Wildman–Crippen LogP) is 3.18. The van der Waals surface area contributed by atoms with Gasteiger partial charge in [-0.05, 0) is 19.4 Å². The average Bonchev–Trinajstić information content (AvgIpc) is 2.80. The Bertz CT molecular complexity index is 479. The van der Waals surface area contributed by atoms with E-state index in [9.17, 15) is 0 Å². The first-order chi connectivity index (χ1) is 8.14. The van der Waals surface area contributed by atoms with Crippen LogP contribution in [0.5, 0.6) is 0 Å². The summed E-state index contributed by atoms with van der Waals surface area (Å²) in [5.74, 6) is 1.79. The second-order valence-electron chi connectivity index (χ2n) is 4.44. The van der Waals surface area contributed by atoms with Gasteiger partial charge in [-0.2, -0.15) is 4.98 Å². The van der Waals surface area contributed by atoms with Gasteiger partial charge in [0.1, 0.15) is 0 Å². The highest BCUT2D eigenvalue weighted by atomic mass is 35.5. The van der Waals surface area contributed by atoms with Crippen LogP contribution in [0, 0.1) is 0 Å². The molecular formula is C13H15ClN2O. The second-order valence-corrected chi connectivity index (χ2v) is 4.82. The number of benzene rings is 1. The van der Waals surface area contributed by atoms with E-state index >= 15 is 0 Å². The number of hydrogen-bond donors (Lipinski definition) is 0. The summed E-state index contributed by atoms with van der Waals surface area (Å²) in [6.45, 7) is 4.16. The molecule has 1 heterocycles. The van der Waals surface area contributed by atoms with Crippen molar-refractivity contribution >= 4 is 11.6 Å². The quantitative estimate of drug-likeness (QED) is 0.783. The largest absolute Gasteiger partial charge is 0.339 e. The molecule has 2 rings (SSSR count). The maximum atomic E-state index is 5.65. The molecule has 0 aliphatic rings. The van der Waals surface area contributed by atoms with Crippen LogP contribution in [0.1, 0.15) is 31.1 Å². The molecule has 0 aliphatic heterocycles. The van der Waals surface area contributed by atoms with Crippen molar-refractivity contribution in [3.05, 3.63) is 47.6 Å².